The monoisotopic (exact) mass is 234 g/mol. The average molecular weight is 234 g/mol. The third kappa shape index (κ3) is 22.8. The zero-order chi connectivity index (χ0) is 13.0. The van der Waals surface area contributed by atoms with Gasteiger partial charge in [-0.1, -0.05) is 6.92 Å². The molecule has 6 heteroatoms. The van der Waals surface area contributed by atoms with Crippen LogP contribution in [0.2, 0.25) is 0 Å². The number of carbonyl (C=O) groups is 3. The lowest BCUT2D eigenvalue weighted by Gasteiger charge is -1.92. The van der Waals surface area contributed by atoms with Crippen molar-refractivity contribution in [3.05, 3.63) is 0 Å². The van der Waals surface area contributed by atoms with Gasteiger partial charge >= 0.3 is 17.9 Å². The molecule has 0 aromatic heterocycles. The first-order chi connectivity index (χ1) is 7.40. The van der Waals surface area contributed by atoms with E-state index in [0.29, 0.717) is 19.3 Å². The molecule has 0 aliphatic carbocycles. The van der Waals surface area contributed by atoms with Gasteiger partial charge in [-0.05, 0) is 19.3 Å². The van der Waals surface area contributed by atoms with Crippen LogP contribution in [0.25, 0.3) is 0 Å². The van der Waals surface area contributed by atoms with Crippen LogP contribution in [-0.4, -0.2) is 33.2 Å². The molecule has 0 aliphatic heterocycles. The van der Waals surface area contributed by atoms with Crippen LogP contribution in [-0.2, 0) is 14.4 Å². The van der Waals surface area contributed by atoms with Crippen LogP contribution >= 0.6 is 0 Å². The molecule has 0 rings (SSSR count). The van der Waals surface area contributed by atoms with Gasteiger partial charge in [0.15, 0.2) is 0 Å². The van der Waals surface area contributed by atoms with E-state index in [0.717, 1.165) is 6.42 Å². The van der Waals surface area contributed by atoms with E-state index in [1.807, 2.05) is 6.92 Å². The maximum atomic E-state index is 9.90. The highest BCUT2D eigenvalue weighted by Gasteiger charge is 1.99. The summed E-state index contributed by atoms with van der Waals surface area (Å²) in [7, 11) is 0. The first-order valence-corrected chi connectivity index (χ1v) is 5.05. The molecule has 0 fully saturated rings. The molecule has 0 aromatic rings. The third-order valence-electron chi connectivity index (χ3n) is 1.50. The molecule has 16 heavy (non-hydrogen) atoms. The van der Waals surface area contributed by atoms with E-state index in [4.69, 9.17) is 15.3 Å². The van der Waals surface area contributed by atoms with Crippen LogP contribution in [0.3, 0.4) is 0 Å². The Labute approximate surface area is 93.9 Å². The summed E-state index contributed by atoms with van der Waals surface area (Å²) in [4.78, 5) is 29.4. The summed E-state index contributed by atoms with van der Waals surface area (Å²) in [5.74, 6) is -2.45. The molecular formula is C10H18O6. The predicted octanol–water partition coefficient (Wildman–Crippen LogP) is 1.59. The fraction of sp³-hybridized carbons (Fsp3) is 0.700. The second-order valence-corrected chi connectivity index (χ2v) is 3.14. The second-order valence-electron chi connectivity index (χ2n) is 3.14. The van der Waals surface area contributed by atoms with Crippen LogP contribution < -0.4 is 0 Å². The Bertz CT molecular complexity index is 207. The third-order valence-corrected chi connectivity index (χ3v) is 1.50. The van der Waals surface area contributed by atoms with Crippen molar-refractivity contribution in [3.63, 3.8) is 0 Å². The van der Waals surface area contributed by atoms with Gasteiger partial charge in [0.2, 0.25) is 0 Å². The number of hydrogen-bond acceptors (Lipinski definition) is 3. The van der Waals surface area contributed by atoms with E-state index in [9.17, 15) is 14.4 Å². The Morgan fingerprint density at radius 1 is 0.750 bits per heavy atom. The summed E-state index contributed by atoms with van der Waals surface area (Å²) >= 11 is 0. The minimum absolute atomic E-state index is 0.0628. The Kier molecular flexibility index (Phi) is 12.1. The van der Waals surface area contributed by atoms with E-state index in [-0.39, 0.29) is 12.8 Å². The Morgan fingerprint density at radius 3 is 1.19 bits per heavy atom. The summed E-state index contributed by atoms with van der Waals surface area (Å²) in [6.45, 7) is 1.84. The normalized spacial score (nSPS) is 8.81. The molecule has 0 amide bonds. The minimum atomic E-state index is -0.870. The first-order valence-electron chi connectivity index (χ1n) is 5.05. The van der Waals surface area contributed by atoms with E-state index < -0.39 is 17.9 Å². The molecule has 0 saturated heterocycles. The number of carboxylic acids is 3. The highest BCUT2D eigenvalue weighted by molar-refractivity contribution is 5.68. The second kappa shape index (κ2) is 11.5. The molecular weight excluding hydrogens is 216 g/mol. The van der Waals surface area contributed by atoms with Crippen molar-refractivity contribution in [3.8, 4) is 0 Å². The summed E-state index contributed by atoms with van der Waals surface area (Å²) in [6, 6.07) is 0. The highest BCUT2D eigenvalue weighted by atomic mass is 16.4. The van der Waals surface area contributed by atoms with Gasteiger partial charge in [-0.25, -0.2) is 0 Å². The largest absolute Gasteiger partial charge is 0.481 e. The van der Waals surface area contributed by atoms with Gasteiger partial charge in [0.05, 0.1) is 0 Å². The van der Waals surface area contributed by atoms with Gasteiger partial charge in [-0.15, -0.1) is 0 Å². The van der Waals surface area contributed by atoms with Crippen molar-refractivity contribution in [2.45, 2.75) is 45.4 Å². The highest BCUT2D eigenvalue weighted by Crippen LogP contribution is 1.98. The summed E-state index contributed by atoms with van der Waals surface area (Å²) in [6.07, 6.45) is 2.04. The van der Waals surface area contributed by atoms with Gasteiger partial charge < -0.3 is 15.3 Å². The lowest BCUT2D eigenvalue weighted by molar-refractivity contribution is -0.139. The summed E-state index contributed by atoms with van der Waals surface area (Å²) in [5.41, 5.74) is 0. The molecule has 0 spiro atoms. The Morgan fingerprint density at radius 2 is 1.06 bits per heavy atom. The van der Waals surface area contributed by atoms with Gasteiger partial charge in [0.25, 0.3) is 0 Å². The van der Waals surface area contributed by atoms with E-state index >= 15 is 0 Å². The predicted molar refractivity (Wildman–Crippen MR) is 56.3 cm³/mol. The van der Waals surface area contributed by atoms with Crippen LogP contribution in [0.5, 0.6) is 0 Å². The average Bonchev–Trinajstić information content (AvgIpc) is 2.12. The SMILES string of the molecule is CCCC(=O)O.O=C(O)CCCCC(=O)O. The fourth-order valence-corrected chi connectivity index (χ4v) is 0.766. The number of hydrogen-bond donors (Lipinski definition) is 3. The molecule has 94 valence electrons. The number of unbranched alkanes of at least 4 members (excludes halogenated alkanes) is 1. The van der Waals surface area contributed by atoms with Crippen molar-refractivity contribution >= 4 is 17.9 Å². The summed E-state index contributed by atoms with van der Waals surface area (Å²) < 4.78 is 0. The fourth-order valence-electron chi connectivity index (χ4n) is 0.766. The number of rotatable bonds is 7. The van der Waals surface area contributed by atoms with Crippen molar-refractivity contribution in [2.24, 2.45) is 0 Å². The van der Waals surface area contributed by atoms with Gasteiger partial charge in [-0.2, -0.15) is 0 Å². The molecule has 0 atom stereocenters. The van der Waals surface area contributed by atoms with Crippen LogP contribution in [0.4, 0.5) is 0 Å². The topological polar surface area (TPSA) is 112 Å². The molecule has 0 radical (unpaired) electrons. The molecule has 0 aliphatic rings. The smallest absolute Gasteiger partial charge is 0.303 e. The lowest BCUT2D eigenvalue weighted by Crippen LogP contribution is -1.97. The Hall–Kier alpha value is -1.59. The van der Waals surface area contributed by atoms with Crippen molar-refractivity contribution < 1.29 is 29.7 Å². The standard InChI is InChI=1S/C6H10O4.C4H8O2/c7-5(8)3-1-2-4-6(9)10;1-2-3-4(5)6/h1-4H2,(H,7,8)(H,9,10);2-3H2,1H3,(H,5,6). The molecule has 6 nitrogen and oxygen atoms in total. The van der Waals surface area contributed by atoms with Crippen LogP contribution in [0, 0.1) is 0 Å². The zero-order valence-electron chi connectivity index (χ0n) is 9.31. The van der Waals surface area contributed by atoms with Gasteiger partial charge in [0.1, 0.15) is 0 Å². The van der Waals surface area contributed by atoms with E-state index in [1.54, 1.807) is 0 Å². The van der Waals surface area contributed by atoms with Gasteiger partial charge in [-0.3, -0.25) is 14.4 Å². The van der Waals surface area contributed by atoms with Crippen molar-refractivity contribution in [1.29, 1.82) is 0 Å². The maximum Gasteiger partial charge on any atom is 0.303 e. The minimum Gasteiger partial charge on any atom is -0.481 e. The van der Waals surface area contributed by atoms with Crippen LogP contribution in [0.15, 0.2) is 0 Å². The maximum absolute atomic E-state index is 9.90. The van der Waals surface area contributed by atoms with Crippen LogP contribution in [0.1, 0.15) is 45.4 Å². The Balaban J connectivity index is 0. The van der Waals surface area contributed by atoms with Crippen molar-refractivity contribution in [1.82, 2.24) is 0 Å². The van der Waals surface area contributed by atoms with Gasteiger partial charge in [0, 0.05) is 19.3 Å². The van der Waals surface area contributed by atoms with Crippen molar-refractivity contribution in [2.75, 3.05) is 0 Å². The quantitative estimate of drug-likeness (QED) is 0.576. The number of carboxylic acid groups (broad SMARTS) is 3. The molecule has 0 heterocycles. The molecule has 0 unspecified atom stereocenters. The number of aliphatic carboxylic acids is 3. The van der Waals surface area contributed by atoms with E-state index in [1.165, 1.54) is 0 Å². The molecule has 0 bridgehead atoms. The first kappa shape index (κ1) is 16.8. The zero-order valence-corrected chi connectivity index (χ0v) is 9.31. The lowest BCUT2D eigenvalue weighted by atomic mass is 10.2. The molecule has 0 aromatic carbocycles. The molecule has 3 N–H and O–H groups in total. The van der Waals surface area contributed by atoms with E-state index in [2.05, 4.69) is 0 Å². The molecule has 0 saturated carbocycles. The summed E-state index contributed by atoms with van der Waals surface area (Å²) in [5, 5.41) is 24.2.